The van der Waals surface area contributed by atoms with Crippen LogP contribution in [0, 0.1) is 5.82 Å². The second-order valence-corrected chi connectivity index (χ2v) is 3.47. The van der Waals surface area contributed by atoms with Gasteiger partial charge in [0.25, 0.3) is 0 Å². The van der Waals surface area contributed by atoms with E-state index in [2.05, 4.69) is 5.32 Å². The normalized spacial score (nSPS) is 12.8. The topological polar surface area (TPSA) is 38.0 Å². The van der Waals surface area contributed by atoms with Gasteiger partial charge in [-0.15, -0.1) is 0 Å². The first-order chi connectivity index (χ1) is 6.72. The van der Waals surface area contributed by atoms with Gasteiger partial charge in [0.1, 0.15) is 5.82 Å². The molecule has 0 aliphatic heterocycles. The summed E-state index contributed by atoms with van der Waals surface area (Å²) in [6, 6.07) is 6.94. The minimum absolute atomic E-state index is 0.183. The third kappa shape index (κ3) is 3.85. The highest BCUT2D eigenvalue weighted by atomic mass is 19.1. The highest BCUT2D eigenvalue weighted by Crippen LogP contribution is 2.02. The van der Waals surface area contributed by atoms with Gasteiger partial charge in [-0.2, -0.15) is 0 Å². The maximum absolute atomic E-state index is 12.6. The van der Waals surface area contributed by atoms with E-state index in [9.17, 15) is 4.39 Å². The summed E-state index contributed by atoms with van der Waals surface area (Å²) in [6.45, 7) is 3.57. The number of nitrogens with two attached hydrogens (primary N) is 1. The van der Waals surface area contributed by atoms with Crippen molar-refractivity contribution in [1.29, 1.82) is 0 Å². The Morgan fingerprint density at radius 1 is 1.36 bits per heavy atom. The molecule has 0 aromatic heterocycles. The largest absolute Gasteiger partial charge is 0.329 e. The maximum atomic E-state index is 12.6. The summed E-state index contributed by atoms with van der Waals surface area (Å²) in [5, 5.41) is 3.28. The van der Waals surface area contributed by atoms with E-state index in [1.165, 1.54) is 12.1 Å². The Balaban J connectivity index is 2.28. The Morgan fingerprint density at radius 3 is 2.57 bits per heavy atom. The number of benzene rings is 1. The first-order valence-electron chi connectivity index (χ1n) is 4.90. The van der Waals surface area contributed by atoms with Crippen molar-refractivity contribution in [2.24, 2.45) is 5.73 Å². The van der Waals surface area contributed by atoms with Crippen molar-refractivity contribution in [2.45, 2.75) is 19.4 Å². The standard InChI is InChI=1S/C11H17FN2/c1-9(8-13)14-7-6-10-2-4-11(12)5-3-10/h2-5,9,14H,6-8,13H2,1H3/t9-/m1/s1. The van der Waals surface area contributed by atoms with Crippen LogP contribution in [0.25, 0.3) is 0 Å². The van der Waals surface area contributed by atoms with Crippen LogP contribution in [0.3, 0.4) is 0 Å². The van der Waals surface area contributed by atoms with E-state index in [1.54, 1.807) is 0 Å². The minimum Gasteiger partial charge on any atom is -0.329 e. The second kappa shape index (κ2) is 5.73. The molecule has 78 valence electrons. The average molecular weight is 196 g/mol. The molecule has 0 aliphatic rings. The monoisotopic (exact) mass is 196 g/mol. The van der Waals surface area contributed by atoms with E-state index in [0.29, 0.717) is 12.6 Å². The van der Waals surface area contributed by atoms with E-state index in [1.807, 2.05) is 19.1 Å². The molecule has 14 heavy (non-hydrogen) atoms. The van der Waals surface area contributed by atoms with Gasteiger partial charge in [-0.05, 0) is 37.6 Å². The molecule has 3 N–H and O–H groups in total. The van der Waals surface area contributed by atoms with Gasteiger partial charge in [-0.3, -0.25) is 0 Å². The van der Waals surface area contributed by atoms with Crippen molar-refractivity contribution in [3.05, 3.63) is 35.6 Å². The lowest BCUT2D eigenvalue weighted by atomic mass is 10.1. The number of hydrogen-bond donors (Lipinski definition) is 2. The summed E-state index contributed by atoms with van der Waals surface area (Å²) in [6.07, 6.45) is 0.907. The Bertz CT molecular complexity index is 258. The van der Waals surface area contributed by atoms with Gasteiger partial charge in [0.2, 0.25) is 0 Å². The fourth-order valence-corrected chi connectivity index (χ4v) is 1.20. The van der Waals surface area contributed by atoms with Gasteiger partial charge in [0, 0.05) is 12.6 Å². The second-order valence-electron chi connectivity index (χ2n) is 3.47. The van der Waals surface area contributed by atoms with E-state index in [4.69, 9.17) is 5.73 Å². The third-order valence-electron chi connectivity index (χ3n) is 2.17. The minimum atomic E-state index is -0.183. The summed E-state index contributed by atoms with van der Waals surface area (Å²) < 4.78 is 12.6. The summed E-state index contributed by atoms with van der Waals surface area (Å²) in [5.41, 5.74) is 6.60. The van der Waals surface area contributed by atoms with Crippen molar-refractivity contribution in [2.75, 3.05) is 13.1 Å². The number of rotatable bonds is 5. The quantitative estimate of drug-likeness (QED) is 0.745. The average Bonchev–Trinajstić information content (AvgIpc) is 2.21. The van der Waals surface area contributed by atoms with Crippen LogP contribution in [0.4, 0.5) is 4.39 Å². The Hall–Kier alpha value is -0.930. The van der Waals surface area contributed by atoms with Gasteiger partial charge in [-0.25, -0.2) is 4.39 Å². The fourth-order valence-electron chi connectivity index (χ4n) is 1.20. The lowest BCUT2D eigenvalue weighted by Crippen LogP contribution is -2.34. The van der Waals surface area contributed by atoms with Crippen molar-refractivity contribution in [3.63, 3.8) is 0 Å². The summed E-state index contributed by atoms with van der Waals surface area (Å²) in [5.74, 6) is -0.183. The van der Waals surface area contributed by atoms with Crippen LogP contribution in [-0.4, -0.2) is 19.1 Å². The predicted octanol–water partition coefficient (Wildman–Crippen LogP) is 1.30. The molecule has 0 saturated carbocycles. The molecule has 0 amide bonds. The molecule has 0 radical (unpaired) electrons. The molecule has 1 aromatic rings. The lowest BCUT2D eigenvalue weighted by Gasteiger charge is -2.10. The SMILES string of the molecule is C[C@H](CN)NCCc1ccc(F)cc1. The van der Waals surface area contributed by atoms with E-state index in [0.717, 1.165) is 18.5 Å². The van der Waals surface area contributed by atoms with Crippen LogP contribution >= 0.6 is 0 Å². The molecular weight excluding hydrogens is 179 g/mol. The van der Waals surface area contributed by atoms with Crippen LogP contribution in [0.5, 0.6) is 0 Å². The first kappa shape index (κ1) is 11.1. The molecule has 1 aromatic carbocycles. The van der Waals surface area contributed by atoms with Crippen molar-refractivity contribution < 1.29 is 4.39 Å². The zero-order valence-corrected chi connectivity index (χ0v) is 8.46. The Labute approximate surface area is 84.3 Å². The van der Waals surface area contributed by atoms with Gasteiger partial charge >= 0.3 is 0 Å². The summed E-state index contributed by atoms with van der Waals surface area (Å²) >= 11 is 0. The van der Waals surface area contributed by atoms with Crippen molar-refractivity contribution >= 4 is 0 Å². The molecule has 0 aliphatic carbocycles. The molecule has 0 saturated heterocycles. The fraction of sp³-hybridized carbons (Fsp3) is 0.455. The zero-order valence-electron chi connectivity index (χ0n) is 8.46. The highest BCUT2D eigenvalue weighted by molar-refractivity contribution is 5.16. The van der Waals surface area contributed by atoms with E-state index >= 15 is 0 Å². The van der Waals surface area contributed by atoms with Gasteiger partial charge in [-0.1, -0.05) is 12.1 Å². The number of halogens is 1. The first-order valence-corrected chi connectivity index (χ1v) is 4.90. The molecule has 2 nitrogen and oxygen atoms in total. The molecule has 3 heteroatoms. The van der Waals surface area contributed by atoms with Crippen LogP contribution < -0.4 is 11.1 Å². The molecule has 0 unspecified atom stereocenters. The smallest absolute Gasteiger partial charge is 0.123 e. The van der Waals surface area contributed by atoms with Crippen LogP contribution in [0.1, 0.15) is 12.5 Å². The number of hydrogen-bond acceptors (Lipinski definition) is 2. The van der Waals surface area contributed by atoms with Crippen LogP contribution in [0.2, 0.25) is 0 Å². The Morgan fingerprint density at radius 2 is 2.00 bits per heavy atom. The third-order valence-corrected chi connectivity index (χ3v) is 2.17. The summed E-state index contributed by atoms with van der Waals surface area (Å²) in [7, 11) is 0. The van der Waals surface area contributed by atoms with Gasteiger partial charge in [0.05, 0.1) is 0 Å². The van der Waals surface area contributed by atoms with Gasteiger partial charge in [0.15, 0.2) is 0 Å². The van der Waals surface area contributed by atoms with Crippen molar-refractivity contribution in [3.8, 4) is 0 Å². The molecule has 0 fully saturated rings. The van der Waals surface area contributed by atoms with E-state index < -0.39 is 0 Å². The van der Waals surface area contributed by atoms with Crippen molar-refractivity contribution in [1.82, 2.24) is 5.32 Å². The zero-order chi connectivity index (χ0) is 10.4. The predicted molar refractivity (Wildman–Crippen MR) is 56.6 cm³/mol. The van der Waals surface area contributed by atoms with Crippen LogP contribution in [0.15, 0.2) is 24.3 Å². The van der Waals surface area contributed by atoms with E-state index in [-0.39, 0.29) is 5.82 Å². The van der Waals surface area contributed by atoms with Gasteiger partial charge < -0.3 is 11.1 Å². The molecule has 1 atom stereocenters. The molecule has 1 rings (SSSR count). The molecular formula is C11H17FN2. The van der Waals surface area contributed by atoms with Crippen LogP contribution in [-0.2, 0) is 6.42 Å². The molecule has 0 bridgehead atoms. The number of nitrogens with one attached hydrogen (secondary N) is 1. The summed E-state index contributed by atoms with van der Waals surface area (Å²) in [4.78, 5) is 0. The lowest BCUT2D eigenvalue weighted by molar-refractivity contribution is 0.558. The maximum Gasteiger partial charge on any atom is 0.123 e. The highest BCUT2D eigenvalue weighted by Gasteiger charge is 1.97. The molecule has 0 heterocycles. The Kier molecular flexibility index (Phi) is 4.56. The molecule has 0 spiro atoms.